The number of hydrogen-bond acceptors (Lipinski definition) is 3. The number of benzene rings is 1. The van der Waals surface area contributed by atoms with Gasteiger partial charge in [-0.25, -0.2) is 4.39 Å². The monoisotopic (exact) mass is 333 g/mol. The first-order valence-corrected chi connectivity index (χ1v) is 6.54. The number of amides is 1. The first-order chi connectivity index (χ1) is 8.83. The smallest absolute Gasteiger partial charge is 0.254 e. The molecule has 0 bridgehead atoms. The second kappa shape index (κ2) is 6.45. The number of carbonyl (C=O) groups is 1. The molecular formula is C13H17BrFNO3. The zero-order valence-corrected chi connectivity index (χ0v) is 12.4. The van der Waals surface area contributed by atoms with Gasteiger partial charge in [-0.15, -0.1) is 0 Å². The first kappa shape index (κ1) is 16.1. The number of hydrogen-bond donors (Lipinski definition) is 2. The molecule has 0 radical (unpaired) electrons. The van der Waals surface area contributed by atoms with Crippen molar-refractivity contribution in [1.82, 2.24) is 4.90 Å². The molecule has 0 aliphatic rings. The van der Waals surface area contributed by atoms with Crippen LogP contribution in [0.3, 0.4) is 0 Å². The lowest BCUT2D eigenvalue weighted by atomic mass is 9.92. The molecular weight excluding hydrogens is 317 g/mol. The maximum absolute atomic E-state index is 13.0. The van der Waals surface area contributed by atoms with Gasteiger partial charge in [-0.1, -0.05) is 6.92 Å². The third kappa shape index (κ3) is 3.99. The molecule has 0 atom stereocenters. The fourth-order valence-corrected chi connectivity index (χ4v) is 2.18. The van der Waals surface area contributed by atoms with Crippen LogP contribution in [0, 0.1) is 11.2 Å². The summed E-state index contributed by atoms with van der Waals surface area (Å²) < 4.78 is 13.3. The highest BCUT2D eigenvalue weighted by atomic mass is 79.9. The Bertz CT molecular complexity index is 463. The number of aliphatic hydroxyl groups excluding tert-OH is 2. The lowest BCUT2D eigenvalue weighted by molar-refractivity contribution is 0.0366. The molecule has 19 heavy (non-hydrogen) atoms. The summed E-state index contributed by atoms with van der Waals surface area (Å²) in [4.78, 5) is 13.6. The first-order valence-electron chi connectivity index (χ1n) is 5.75. The predicted octanol–water partition coefficient (Wildman–Crippen LogP) is 1.65. The average molecular weight is 334 g/mol. The molecule has 1 aromatic rings. The molecule has 0 aromatic heterocycles. The Kier molecular flexibility index (Phi) is 5.46. The molecule has 0 saturated heterocycles. The zero-order chi connectivity index (χ0) is 14.6. The van der Waals surface area contributed by atoms with Gasteiger partial charge in [-0.2, -0.15) is 0 Å². The van der Waals surface area contributed by atoms with Crippen molar-refractivity contribution in [3.8, 4) is 0 Å². The van der Waals surface area contributed by atoms with Crippen molar-refractivity contribution in [2.45, 2.75) is 6.92 Å². The highest BCUT2D eigenvalue weighted by molar-refractivity contribution is 9.10. The van der Waals surface area contributed by atoms with E-state index < -0.39 is 11.2 Å². The Morgan fingerprint density at radius 3 is 2.47 bits per heavy atom. The highest BCUT2D eigenvalue weighted by Gasteiger charge is 2.27. The number of aliphatic hydroxyl groups is 2. The van der Waals surface area contributed by atoms with Crippen LogP contribution < -0.4 is 0 Å². The van der Waals surface area contributed by atoms with Crippen molar-refractivity contribution in [3.63, 3.8) is 0 Å². The van der Waals surface area contributed by atoms with E-state index in [2.05, 4.69) is 15.9 Å². The Morgan fingerprint density at radius 2 is 2.00 bits per heavy atom. The van der Waals surface area contributed by atoms with Crippen LogP contribution in [0.1, 0.15) is 17.3 Å². The van der Waals surface area contributed by atoms with Crippen molar-refractivity contribution >= 4 is 21.8 Å². The lowest BCUT2D eigenvalue weighted by Gasteiger charge is -2.30. The number of nitrogens with zero attached hydrogens (tertiary/aromatic N) is 1. The fraction of sp³-hybridized carbons (Fsp3) is 0.462. The molecule has 1 aromatic carbocycles. The summed E-state index contributed by atoms with van der Waals surface area (Å²) in [5, 5.41) is 18.4. The lowest BCUT2D eigenvalue weighted by Crippen LogP contribution is -2.41. The summed E-state index contributed by atoms with van der Waals surface area (Å²) in [6, 6.07) is 3.83. The van der Waals surface area contributed by atoms with E-state index in [1.165, 1.54) is 23.1 Å². The Hall–Kier alpha value is -0.980. The minimum atomic E-state index is -0.767. The molecule has 1 rings (SSSR count). The van der Waals surface area contributed by atoms with Gasteiger partial charge in [0.2, 0.25) is 0 Å². The third-order valence-corrected chi connectivity index (χ3v) is 3.55. The van der Waals surface area contributed by atoms with Crippen LogP contribution in [0.25, 0.3) is 0 Å². The van der Waals surface area contributed by atoms with Crippen LogP contribution >= 0.6 is 15.9 Å². The van der Waals surface area contributed by atoms with Crippen LogP contribution in [0.4, 0.5) is 4.39 Å². The maximum atomic E-state index is 13.0. The Morgan fingerprint density at radius 1 is 1.42 bits per heavy atom. The molecule has 0 aliphatic carbocycles. The van der Waals surface area contributed by atoms with Crippen molar-refractivity contribution in [1.29, 1.82) is 0 Å². The normalized spacial score (nSPS) is 11.5. The summed E-state index contributed by atoms with van der Waals surface area (Å²) in [5.74, 6) is -0.735. The van der Waals surface area contributed by atoms with E-state index in [0.717, 1.165) is 0 Å². The van der Waals surface area contributed by atoms with E-state index in [9.17, 15) is 19.4 Å². The molecule has 6 heteroatoms. The molecule has 106 valence electrons. The van der Waals surface area contributed by atoms with Gasteiger partial charge in [0.25, 0.3) is 5.91 Å². The second-order valence-corrected chi connectivity index (χ2v) is 5.77. The molecule has 1 amide bonds. The van der Waals surface area contributed by atoms with Crippen molar-refractivity contribution in [3.05, 3.63) is 34.1 Å². The van der Waals surface area contributed by atoms with E-state index in [0.29, 0.717) is 10.0 Å². The van der Waals surface area contributed by atoms with Crippen LogP contribution in [-0.4, -0.2) is 47.8 Å². The Balaban J connectivity index is 2.88. The van der Waals surface area contributed by atoms with E-state index >= 15 is 0 Å². The third-order valence-electron chi connectivity index (χ3n) is 2.89. The molecule has 0 aliphatic heterocycles. The van der Waals surface area contributed by atoms with Crippen LogP contribution in [-0.2, 0) is 0 Å². The van der Waals surface area contributed by atoms with Gasteiger partial charge in [-0.3, -0.25) is 4.79 Å². The average Bonchev–Trinajstić information content (AvgIpc) is 2.37. The summed E-state index contributed by atoms with van der Waals surface area (Å²) in [6.45, 7) is 1.41. The van der Waals surface area contributed by atoms with Crippen molar-refractivity contribution in [2.75, 3.05) is 26.8 Å². The second-order valence-electron chi connectivity index (χ2n) is 4.91. The predicted molar refractivity (Wildman–Crippen MR) is 73.3 cm³/mol. The summed E-state index contributed by atoms with van der Waals surface area (Å²) in [7, 11) is 1.57. The Labute approximate surface area is 120 Å². The van der Waals surface area contributed by atoms with Crippen LogP contribution in [0.5, 0.6) is 0 Å². The van der Waals surface area contributed by atoms with Gasteiger partial charge < -0.3 is 15.1 Å². The van der Waals surface area contributed by atoms with E-state index in [4.69, 9.17) is 0 Å². The number of halogens is 2. The highest BCUT2D eigenvalue weighted by Crippen LogP contribution is 2.22. The molecule has 0 unspecified atom stereocenters. The van der Waals surface area contributed by atoms with E-state index in [-0.39, 0.29) is 25.7 Å². The number of carbonyl (C=O) groups excluding carboxylic acids is 1. The van der Waals surface area contributed by atoms with Crippen LogP contribution in [0.2, 0.25) is 0 Å². The van der Waals surface area contributed by atoms with Gasteiger partial charge in [0.05, 0.1) is 18.8 Å². The molecule has 0 spiro atoms. The van der Waals surface area contributed by atoms with Gasteiger partial charge in [-0.05, 0) is 34.1 Å². The zero-order valence-electron chi connectivity index (χ0n) is 10.9. The molecule has 2 N–H and O–H groups in total. The summed E-state index contributed by atoms with van der Waals surface area (Å²) in [5.41, 5.74) is -0.432. The SMILES string of the molecule is CN(CC(C)(CO)CO)C(=O)c1ccc(F)cc1Br. The van der Waals surface area contributed by atoms with Gasteiger partial charge in [0, 0.05) is 23.5 Å². The number of rotatable bonds is 5. The summed E-state index contributed by atoms with van der Waals surface area (Å²) >= 11 is 3.14. The van der Waals surface area contributed by atoms with Gasteiger partial charge in [0.15, 0.2) is 0 Å². The van der Waals surface area contributed by atoms with E-state index in [1.807, 2.05) is 0 Å². The topological polar surface area (TPSA) is 60.8 Å². The summed E-state index contributed by atoms with van der Waals surface area (Å²) in [6.07, 6.45) is 0. The van der Waals surface area contributed by atoms with Crippen molar-refractivity contribution < 1.29 is 19.4 Å². The minimum absolute atomic E-state index is 0.197. The van der Waals surface area contributed by atoms with Gasteiger partial charge in [0.1, 0.15) is 5.82 Å². The standard InChI is InChI=1S/C13H17BrFNO3/c1-13(7-17,8-18)6-16(2)12(19)10-4-3-9(15)5-11(10)14/h3-5,17-18H,6-8H2,1-2H3. The molecule has 0 heterocycles. The van der Waals surface area contributed by atoms with Crippen molar-refractivity contribution in [2.24, 2.45) is 5.41 Å². The van der Waals surface area contributed by atoms with Gasteiger partial charge >= 0.3 is 0 Å². The molecule has 4 nitrogen and oxygen atoms in total. The minimum Gasteiger partial charge on any atom is -0.396 e. The largest absolute Gasteiger partial charge is 0.396 e. The van der Waals surface area contributed by atoms with E-state index in [1.54, 1.807) is 14.0 Å². The maximum Gasteiger partial charge on any atom is 0.254 e. The quantitative estimate of drug-likeness (QED) is 0.861. The molecule has 0 saturated carbocycles. The van der Waals surface area contributed by atoms with Crippen LogP contribution in [0.15, 0.2) is 22.7 Å². The fourth-order valence-electron chi connectivity index (χ4n) is 1.66. The molecule has 0 fully saturated rings.